The second-order valence-electron chi connectivity index (χ2n) is 8.28. The topological polar surface area (TPSA) is 87.8 Å². The predicted octanol–water partition coefficient (Wildman–Crippen LogP) is 4.03. The largest absolute Gasteiger partial charge is 0.315 e. The summed E-state index contributed by atoms with van der Waals surface area (Å²) in [5.74, 6) is 0.329. The number of nitriles is 1. The number of rotatable bonds is 3. The van der Waals surface area contributed by atoms with Gasteiger partial charge in [-0.05, 0) is 62.0 Å². The lowest BCUT2D eigenvalue weighted by Crippen LogP contribution is -2.28. The predicted molar refractivity (Wildman–Crippen MR) is 119 cm³/mol. The summed E-state index contributed by atoms with van der Waals surface area (Å²) < 4.78 is 1.39. The highest BCUT2D eigenvalue weighted by molar-refractivity contribution is 7.18. The summed E-state index contributed by atoms with van der Waals surface area (Å²) in [5.41, 5.74) is 2.65. The van der Waals surface area contributed by atoms with Crippen LogP contribution in [0.4, 0.5) is 5.00 Å². The van der Waals surface area contributed by atoms with Gasteiger partial charge in [0.25, 0.3) is 5.56 Å². The number of thiophene rings is 2. The van der Waals surface area contributed by atoms with E-state index in [1.165, 1.54) is 32.0 Å². The van der Waals surface area contributed by atoms with Crippen LogP contribution in [0.1, 0.15) is 52.6 Å². The number of carbonyl (C=O) groups excluding carboxylic acids is 1. The Morgan fingerprint density at radius 1 is 1.27 bits per heavy atom. The molecule has 5 rings (SSSR count). The second kappa shape index (κ2) is 7.64. The maximum atomic E-state index is 13.1. The van der Waals surface area contributed by atoms with E-state index >= 15 is 0 Å². The van der Waals surface area contributed by atoms with E-state index in [1.807, 2.05) is 0 Å². The fraction of sp³-hybridized carbons (Fsp3) is 0.455. The Morgan fingerprint density at radius 3 is 2.93 bits per heavy atom. The normalized spacial score (nSPS) is 17.9. The molecule has 1 unspecified atom stereocenters. The third-order valence-corrected chi connectivity index (χ3v) is 8.50. The third kappa shape index (κ3) is 3.26. The van der Waals surface area contributed by atoms with Gasteiger partial charge in [0, 0.05) is 9.75 Å². The van der Waals surface area contributed by atoms with Crippen LogP contribution in [0, 0.1) is 17.2 Å². The summed E-state index contributed by atoms with van der Waals surface area (Å²) in [6.45, 7) is 2.14. The van der Waals surface area contributed by atoms with Gasteiger partial charge in [-0.15, -0.1) is 22.7 Å². The Morgan fingerprint density at radius 2 is 2.10 bits per heavy atom. The van der Waals surface area contributed by atoms with Crippen molar-refractivity contribution in [1.82, 2.24) is 9.55 Å². The molecule has 3 heterocycles. The molecule has 0 aliphatic heterocycles. The molecule has 30 heavy (non-hydrogen) atoms. The summed E-state index contributed by atoms with van der Waals surface area (Å²) in [5, 5.41) is 13.7. The first-order chi connectivity index (χ1) is 14.5. The van der Waals surface area contributed by atoms with Crippen molar-refractivity contribution in [3.63, 3.8) is 0 Å². The number of hydrogen-bond donors (Lipinski definition) is 1. The summed E-state index contributed by atoms with van der Waals surface area (Å²) in [4.78, 5) is 33.5. The lowest BCUT2D eigenvalue weighted by atomic mass is 9.89. The van der Waals surface area contributed by atoms with Crippen LogP contribution in [0.25, 0.3) is 10.2 Å². The van der Waals surface area contributed by atoms with Gasteiger partial charge in [-0.1, -0.05) is 6.92 Å². The van der Waals surface area contributed by atoms with Gasteiger partial charge < -0.3 is 5.32 Å². The van der Waals surface area contributed by atoms with Crippen LogP contribution in [-0.2, 0) is 37.0 Å². The smallest absolute Gasteiger partial charge is 0.262 e. The standard InChI is InChI=1S/C22H22N4O2S2/c1-12-6-7-14-17(8-12)30-21-19(14)22(28)26(11-24-21)10-18(27)25-20-15(9-23)13-4-2-3-5-16(13)29-20/h11-12H,2-8,10H2,1H3,(H,25,27). The summed E-state index contributed by atoms with van der Waals surface area (Å²) >= 11 is 3.11. The molecule has 1 amide bonds. The summed E-state index contributed by atoms with van der Waals surface area (Å²) in [6.07, 6.45) is 8.51. The van der Waals surface area contributed by atoms with E-state index in [1.54, 1.807) is 11.3 Å². The SMILES string of the molecule is CC1CCc2c(sc3ncn(CC(=O)Nc4sc5c(c4C#N)CCCC5)c(=O)c23)C1. The average molecular weight is 439 g/mol. The molecule has 3 aromatic rings. The van der Waals surface area contributed by atoms with Crippen molar-refractivity contribution in [3.05, 3.63) is 43.1 Å². The first-order valence-corrected chi connectivity index (χ1v) is 12.0. The molecule has 3 aromatic heterocycles. The number of anilines is 1. The number of aromatic nitrogens is 2. The molecular weight excluding hydrogens is 416 g/mol. The van der Waals surface area contributed by atoms with Gasteiger partial charge in [-0.25, -0.2) is 4.98 Å². The quantitative estimate of drug-likeness (QED) is 0.669. The van der Waals surface area contributed by atoms with Crippen molar-refractivity contribution in [1.29, 1.82) is 5.26 Å². The second-order valence-corrected chi connectivity index (χ2v) is 10.5. The maximum absolute atomic E-state index is 13.1. The van der Waals surface area contributed by atoms with Gasteiger partial charge in [0.15, 0.2) is 0 Å². The number of amides is 1. The van der Waals surface area contributed by atoms with Crippen molar-refractivity contribution in [2.45, 2.75) is 58.4 Å². The molecule has 0 saturated carbocycles. The molecule has 1 atom stereocenters. The Labute approximate surface area is 182 Å². The fourth-order valence-electron chi connectivity index (χ4n) is 4.57. The lowest BCUT2D eigenvalue weighted by molar-refractivity contribution is -0.116. The summed E-state index contributed by atoms with van der Waals surface area (Å²) in [7, 11) is 0. The van der Waals surface area contributed by atoms with E-state index in [9.17, 15) is 14.9 Å². The van der Waals surface area contributed by atoms with Crippen LogP contribution in [-0.4, -0.2) is 15.5 Å². The Hall–Kier alpha value is -2.50. The van der Waals surface area contributed by atoms with Gasteiger partial charge in [0.05, 0.1) is 17.3 Å². The van der Waals surface area contributed by atoms with Crippen LogP contribution in [0.5, 0.6) is 0 Å². The number of carbonyl (C=O) groups is 1. The van der Waals surface area contributed by atoms with Gasteiger partial charge in [0.1, 0.15) is 22.4 Å². The molecule has 0 saturated heterocycles. The third-order valence-electron chi connectivity index (χ3n) is 6.13. The van der Waals surface area contributed by atoms with E-state index in [0.717, 1.165) is 60.9 Å². The fourth-order valence-corrected chi connectivity index (χ4v) is 7.17. The minimum atomic E-state index is -0.300. The lowest BCUT2D eigenvalue weighted by Gasteiger charge is -2.17. The molecule has 0 radical (unpaired) electrons. The van der Waals surface area contributed by atoms with Gasteiger partial charge in [-0.3, -0.25) is 14.2 Å². The van der Waals surface area contributed by atoms with Crippen molar-refractivity contribution >= 4 is 43.8 Å². The van der Waals surface area contributed by atoms with E-state index < -0.39 is 0 Å². The number of aryl methyl sites for hydroxylation is 2. The average Bonchev–Trinajstić information content (AvgIpc) is 3.27. The monoisotopic (exact) mass is 438 g/mol. The first-order valence-electron chi connectivity index (χ1n) is 10.4. The zero-order valence-electron chi connectivity index (χ0n) is 16.8. The van der Waals surface area contributed by atoms with E-state index in [0.29, 0.717) is 21.9 Å². The van der Waals surface area contributed by atoms with Crippen LogP contribution < -0.4 is 10.9 Å². The van der Waals surface area contributed by atoms with Gasteiger partial charge in [0.2, 0.25) is 5.91 Å². The maximum Gasteiger partial charge on any atom is 0.262 e. The molecule has 0 fully saturated rings. The molecule has 0 spiro atoms. The summed E-state index contributed by atoms with van der Waals surface area (Å²) in [6, 6.07) is 2.26. The van der Waals surface area contributed by atoms with Crippen LogP contribution in [0.15, 0.2) is 11.1 Å². The minimum absolute atomic E-state index is 0.101. The Kier molecular flexibility index (Phi) is 4.95. The highest BCUT2D eigenvalue weighted by Crippen LogP contribution is 2.38. The highest BCUT2D eigenvalue weighted by atomic mass is 32.1. The molecular formula is C22H22N4O2S2. The van der Waals surface area contributed by atoms with Gasteiger partial charge in [-0.2, -0.15) is 5.26 Å². The van der Waals surface area contributed by atoms with Crippen molar-refractivity contribution < 1.29 is 4.79 Å². The van der Waals surface area contributed by atoms with Gasteiger partial charge >= 0.3 is 0 Å². The minimum Gasteiger partial charge on any atom is -0.315 e. The van der Waals surface area contributed by atoms with Crippen LogP contribution in [0.2, 0.25) is 0 Å². The molecule has 0 bridgehead atoms. The molecule has 2 aliphatic carbocycles. The molecule has 0 aromatic carbocycles. The zero-order chi connectivity index (χ0) is 20.8. The highest BCUT2D eigenvalue weighted by Gasteiger charge is 2.24. The van der Waals surface area contributed by atoms with Crippen molar-refractivity contribution in [2.24, 2.45) is 5.92 Å². The Bertz CT molecular complexity index is 1260. The van der Waals surface area contributed by atoms with E-state index in [2.05, 4.69) is 23.3 Å². The number of nitrogens with zero attached hydrogens (tertiary/aromatic N) is 3. The number of hydrogen-bond acceptors (Lipinski definition) is 6. The van der Waals surface area contributed by atoms with Crippen LogP contribution in [0.3, 0.4) is 0 Å². The van der Waals surface area contributed by atoms with Crippen molar-refractivity contribution in [3.8, 4) is 6.07 Å². The first kappa shape index (κ1) is 19.5. The molecule has 6 nitrogen and oxygen atoms in total. The zero-order valence-corrected chi connectivity index (χ0v) is 18.4. The van der Waals surface area contributed by atoms with Crippen molar-refractivity contribution in [2.75, 3.05) is 5.32 Å². The Balaban J connectivity index is 1.42. The van der Waals surface area contributed by atoms with E-state index in [-0.39, 0.29) is 18.0 Å². The van der Waals surface area contributed by atoms with Crippen LogP contribution >= 0.6 is 22.7 Å². The molecule has 8 heteroatoms. The number of nitrogens with one attached hydrogen (secondary N) is 1. The molecule has 154 valence electrons. The number of fused-ring (bicyclic) bond motifs is 4. The molecule has 1 N–H and O–H groups in total. The molecule has 2 aliphatic rings. The van der Waals surface area contributed by atoms with E-state index in [4.69, 9.17) is 0 Å².